The van der Waals surface area contributed by atoms with Crippen LogP contribution in [0.1, 0.15) is 33.5 Å². The Kier molecular flexibility index (Phi) is 4.79. The molecule has 3 heterocycles. The first-order valence-electron chi connectivity index (χ1n) is 8.96. The van der Waals surface area contributed by atoms with Crippen molar-refractivity contribution in [2.75, 3.05) is 31.6 Å². The van der Waals surface area contributed by atoms with Gasteiger partial charge >= 0.3 is 5.97 Å². The molecule has 1 amide bonds. The second-order valence-electron chi connectivity index (χ2n) is 7.83. The van der Waals surface area contributed by atoms with Gasteiger partial charge in [-0.2, -0.15) is 5.10 Å². The molecule has 2 aromatic rings. The summed E-state index contributed by atoms with van der Waals surface area (Å²) in [6.45, 7) is 8.94. The van der Waals surface area contributed by atoms with E-state index in [9.17, 15) is 9.59 Å². The first-order chi connectivity index (χ1) is 12.6. The third-order valence-corrected chi connectivity index (χ3v) is 4.81. The predicted molar refractivity (Wildman–Crippen MR) is 100 cm³/mol. The molecule has 0 N–H and O–H groups in total. The molecule has 9 nitrogen and oxygen atoms in total. The number of esters is 1. The maximum Gasteiger partial charge on any atom is 0.325 e. The molecule has 1 fully saturated rings. The number of ether oxygens (including phenoxy) is 1. The summed E-state index contributed by atoms with van der Waals surface area (Å²) >= 11 is 0. The van der Waals surface area contributed by atoms with Gasteiger partial charge in [-0.05, 0) is 6.92 Å². The Morgan fingerprint density at radius 1 is 1.30 bits per heavy atom. The number of anilines is 1. The Bertz CT molecular complexity index is 885. The van der Waals surface area contributed by atoms with Gasteiger partial charge in [-0.25, -0.2) is 9.97 Å². The summed E-state index contributed by atoms with van der Waals surface area (Å²) in [7, 11) is 3.16. The molecule has 0 radical (unpaired) electrons. The lowest BCUT2D eigenvalue weighted by atomic mass is 9.95. The van der Waals surface area contributed by atoms with Gasteiger partial charge in [0, 0.05) is 25.6 Å². The third-order valence-electron chi connectivity index (χ3n) is 4.81. The second kappa shape index (κ2) is 6.79. The lowest BCUT2D eigenvalue weighted by Crippen LogP contribution is -2.57. The Hall–Kier alpha value is -2.71. The summed E-state index contributed by atoms with van der Waals surface area (Å²) in [5.74, 6) is 0.858. The molecule has 2 aromatic heterocycles. The van der Waals surface area contributed by atoms with Crippen molar-refractivity contribution in [2.45, 2.75) is 39.2 Å². The fourth-order valence-electron chi connectivity index (χ4n) is 3.16. The van der Waals surface area contributed by atoms with E-state index in [1.807, 2.05) is 18.9 Å². The Labute approximate surface area is 158 Å². The number of piperazine rings is 1. The van der Waals surface area contributed by atoms with Crippen molar-refractivity contribution in [1.82, 2.24) is 24.6 Å². The highest BCUT2D eigenvalue weighted by Crippen LogP contribution is 2.30. The van der Waals surface area contributed by atoms with Crippen molar-refractivity contribution in [2.24, 2.45) is 7.05 Å². The highest BCUT2D eigenvalue weighted by molar-refractivity contribution is 5.93. The molecule has 9 heteroatoms. The number of nitrogens with zero attached hydrogens (tertiary/aromatic N) is 6. The van der Waals surface area contributed by atoms with E-state index in [1.165, 1.54) is 12.0 Å². The van der Waals surface area contributed by atoms with Crippen LogP contribution in [0.15, 0.2) is 6.20 Å². The van der Waals surface area contributed by atoms with Gasteiger partial charge in [-0.15, -0.1) is 0 Å². The van der Waals surface area contributed by atoms with Crippen LogP contribution in [0.3, 0.4) is 0 Å². The molecule has 1 aliphatic heterocycles. The van der Waals surface area contributed by atoms with Crippen molar-refractivity contribution in [1.29, 1.82) is 0 Å². The van der Waals surface area contributed by atoms with Gasteiger partial charge in [0.15, 0.2) is 5.65 Å². The van der Waals surface area contributed by atoms with E-state index < -0.39 is 12.0 Å². The van der Waals surface area contributed by atoms with Gasteiger partial charge in [-0.1, -0.05) is 20.8 Å². The zero-order valence-corrected chi connectivity index (χ0v) is 16.7. The second-order valence-corrected chi connectivity index (χ2v) is 7.83. The van der Waals surface area contributed by atoms with E-state index >= 15 is 0 Å². The van der Waals surface area contributed by atoms with Crippen LogP contribution in [-0.4, -0.2) is 69.3 Å². The summed E-state index contributed by atoms with van der Waals surface area (Å²) in [6, 6.07) is -0.450. The number of amides is 1. The van der Waals surface area contributed by atoms with E-state index in [2.05, 4.69) is 35.6 Å². The molecule has 27 heavy (non-hydrogen) atoms. The smallest absolute Gasteiger partial charge is 0.325 e. The molecule has 1 aliphatic rings. The van der Waals surface area contributed by atoms with Gasteiger partial charge in [0.25, 0.3) is 0 Å². The molecule has 0 aliphatic carbocycles. The normalized spacial score (nSPS) is 18.3. The third kappa shape index (κ3) is 3.45. The summed E-state index contributed by atoms with van der Waals surface area (Å²) in [4.78, 5) is 37.3. The first kappa shape index (κ1) is 19.1. The highest BCUT2D eigenvalue weighted by atomic mass is 16.5. The number of hydrogen-bond acceptors (Lipinski definition) is 7. The van der Waals surface area contributed by atoms with Crippen LogP contribution in [0.5, 0.6) is 0 Å². The van der Waals surface area contributed by atoms with Crippen LogP contribution >= 0.6 is 0 Å². The maximum absolute atomic E-state index is 12.8. The summed E-state index contributed by atoms with van der Waals surface area (Å²) in [5.41, 5.74) is 0.495. The summed E-state index contributed by atoms with van der Waals surface area (Å²) < 4.78 is 6.40. The van der Waals surface area contributed by atoms with Gasteiger partial charge < -0.3 is 14.5 Å². The summed E-state index contributed by atoms with van der Waals surface area (Å²) in [6.07, 6.45) is 1.73. The lowest BCUT2D eigenvalue weighted by molar-refractivity contribution is -0.148. The van der Waals surface area contributed by atoms with Crippen molar-refractivity contribution in [3.8, 4) is 0 Å². The van der Waals surface area contributed by atoms with E-state index in [1.54, 1.807) is 10.9 Å². The number of fused-ring (bicyclic) bond motifs is 1. The predicted octanol–water partition coefficient (Wildman–Crippen LogP) is 0.871. The SMILES string of the molecule is COC(=O)CN1CCN(c2nc(C(C)(C)C)nc3c2cnn3C)[C@H](C)C1=O. The van der Waals surface area contributed by atoms with Crippen molar-refractivity contribution >= 4 is 28.7 Å². The fourth-order valence-corrected chi connectivity index (χ4v) is 3.16. The van der Waals surface area contributed by atoms with Gasteiger partial charge in [0.05, 0.1) is 18.7 Å². The largest absolute Gasteiger partial charge is 0.468 e. The number of rotatable bonds is 3. The first-order valence-corrected chi connectivity index (χ1v) is 8.96. The number of aryl methyl sites for hydroxylation is 1. The maximum atomic E-state index is 12.8. The number of hydrogen-bond donors (Lipinski definition) is 0. The zero-order valence-electron chi connectivity index (χ0n) is 16.7. The highest BCUT2D eigenvalue weighted by Gasteiger charge is 2.35. The van der Waals surface area contributed by atoms with Crippen LogP contribution in [-0.2, 0) is 26.8 Å². The lowest BCUT2D eigenvalue weighted by Gasteiger charge is -2.39. The minimum atomic E-state index is -0.450. The van der Waals surface area contributed by atoms with E-state index in [0.29, 0.717) is 24.7 Å². The molecule has 3 rings (SSSR count). The number of methoxy groups -OCH3 is 1. The molecule has 0 saturated carbocycles. The Morgan fingerprint density at radius 3 is 2.63 bits per heavy atom. The van der Waals surface area contributed by atoms with E-state index in [-0.39, 0.29) is 17.9 Å². The molecule has 0 bridgehead atoms. The molecule has 0 aromatic carbocycles. The molecule has 146 valence electrons. The van der Waals surface area contributed by atoms with Gasteiger partial charge in [0.1, 0.15) is 24.2 Å². The van der Waals surface area contributed by atoms with Crippen LogP contribution in [0, 0.1) is 0 Å². The Balaban J connectivity index is 2.00. The molecule has 1 saturated heterocycles. The molecule has 1 atom stereocenters. The van der Waals surface area contributed by atoms with Crippen LogP contribution < -0.4 is 4.90 Å². The number of carbonyl (C=O) groups is 2. The standard InChI is InChI=1S/C18H26N6O3/c1-11-16(26)23(10-13(25)27-6)7-8-24(11)15-12-9-19-22(5)14(12)20-17(21-15)18(2,3)4/h9,11H,7-8,10H2,1-6H3/t11-/m1/s1. The molecular formula is C18H26N6O3. The minimum Gasteiger partial charge on any atom is -0.468 e. The van der Waals surface area contributed by atoms with Crippen LogP contribution in [0.25, 0.3) is 11.0 Å². The number of aromatic nitrogens is 4. The average Bonchev–Trinajstić information content (AvgIpc) is 2.99. The molecule has 0 unspecified atom stereocenters. The van der Waals surface area contributed by atoms with Crippen molar-refractivity contribution in [3.63, 3.8) is 0 Å². The van der Waals surface area contributed by atoms with E-state index in [0.717, 1.165) is 11.0 Å². The van der Waals surface area contributed by atoms with Gasteiger partial charge in [0.2, 0.25) is 5.91 Å². The van der Waals surface area contributed by atoms with Gasteiger partial charge in [-0.3, -0.25) is 14.3 Å². The van der Waals surface area contributed by atoms with Crippen LogP contribution in [0.4, 0.5) is 5.82 Å². The topological polar surface area (TPSA) is 93.4 Å². The number of carbonyl (C=O) groups excluding carboxylic acids is 2. The van der Waals surface area contributed by atoms with Crippen molar-refractivity contribution in [3.05, 3.63) is 12.0 Å². The Morgan fingerprint density at radius 2 is 2.00 bits per heavy atom. The zero-order chi connectivity index (χ0) is 19.9. The van der Waals surface area contributed by atoms with Crippen molar-refractivity contribution < 1.29 is 14.3 Å². The fraction of sp³-hybridized carbons (Fsp3) is 0.611. The monoisotopic (exact) mass is 374 g/mol. The molecular weight excluding hydrogens is 348 g/mol. The molecule has 0 spiro atoms. The minimum absolute atomic E-state index is 0.0349. The average molecular weight is 374 g/mol. The van der Waals surface area contributed by atoms with E-state index in [4.69, 9.17) is 4.98 Å². The quantitative estimate of drug-likeness (QED) is 0.736. The van der Waals surface area contributed by atoms with Crippen LogP contribution in [0.2, 0.25) is 0 Å². The summed E-state index contributed by atoms with van der Waals surface area (Å²) in [5, 5.41) is 5.13.